The molecule has 2 nitrogen and oxygen atoms in total. The molecule has 8 rings (SSSR count). The van der Waals surface area contributed by atoms with Crippen molar-refractivity contribution < 1.29 is 9.50 Å². The van der Waals surface area contributed by atoms with Gasteiger partial charge in [-0.25, -0.2) is 4.39 Å². The highest BCUT2D eigenvalue weighted by Gasteiger charge is 3.00. The fourth-order valence-electron chi connectivity index (χ4n) is 8.79. The molecule has 5 aliphatic carbocycles. The Morgan fingerprint density at radius 3 is 2.90 bits per heavy atom. The minimum absolute atomic E-state index is 0.123. The van der Waals surface area contributed by atoms with E-state index >= 15 is 0 Å². The van der Waals surface area contributed by atoms with Crippen LogP contribution in [0.1, 0.15) is 24.8 Å². The zero-order valence-corrected chi connectivity index (χ0v) is 11.8. The summed E-state index contributed by atoms with van der Waals surface area (Å²) in [5.74, 6) is 2.62. The molecule has 7 aliphatic rings. The number of hydrogen-bond donors (Lipinski definition) is 1. The molecule has 8 atom stereocenters. The van der Waals surface area contributed by atoms with Crippen LogP contribution in [0.2, 0.25) is 0 Å². The van der Waals surface area contributed by atoms with Crippen molar-refractivity contribution in [2.45, 2.75) is 37.6 Å². The Kier molecular flexibility index (Phi) is 1.32. The van der Waals surface area contributed by atoms with Crippen molar-refractivity contribution in [1.29, 1.82) is 0 Å². The summed E-state index contributed by atoms with van der Waals surface area (Å²) in [6, 6.07) is 7.63. The largest absolute Gasteiger partial charge is 0.375 e. The highest BCUT2D eigenvalue weighted by atomic mass is 19.1. The average Bonchev–Trinajstić information content (AvgIpc) is 3.12. The van der Waals surface area contributed by atoms with E-state index in [0.717, 1.165) is 17.4 Å². The summed E-state index contributed by atoms with van der Waals surface area (Å²) in [4.78, 5) is 2.34. The standard InChI is InChI=1S/C18H18FNO/c19-12-4-2-1-3-9(12)7-20-15-11-5-16-8-17(11)6-10(16)13(14(15)16)18(17,20)21/h1-4,10-11,13-15,21H,5-8H2. The van der Waals surface area contributed by atoms with Crippen molar-refractivity contribution in [3.05, 3.63) is 35.6 Å². The van der Waals surface area contributed by atoms with Crippen molar-refractivity contribution in [1.82, 2.24) is 4.90 Å². The maximum atomic E-state index is 14.1. The van der Waals surface area contributed by atoms with E-state index in [2.05, 4.69) is 4.90 Å². The van der Waals surface area contributed by atoms with Crippen molar-refractivity contribution in [2.75, 3.05) is 0 Å². The lowest BCUT2D eigenvalue weighted by Crippen LogP contribution is -2.64. The molecule has 2 heterocycles. The summed E-state index contributed by atoms with van der Waals surface area (Å²) in [5, 5.41) is 11.6. The van der Waals surface area contributed by atoms with Crippen LogP contribution in [0, 0.1) is 40.3 Å². The molecule has 108 valence electrons. The molecule has 0 aromatic heterocycles. The van der Waals surface area contributed by atoms with E-state index in [1.54, 1.807) is 12.1 Å². The lowest BCUT2D eigenvalue weighted by molar-refractivity contribution is -0.224. The minimum atomic E-state index is -0.599. The first-order chi connectivity index (χ1) is 10.1. The Morgan fingerprint density at radius 2 is 2.05 bits per heavy atom. The van der Waals surface area contributed by atoms with Gasteiger partial charge in [0.25, 0.3) is 0 Å². The lowest BCUT2D eigenvalue weighted by Gasteiger charge is -2.60. The first-order valence-corrected chi connectivity index (χ1v) is 8.36. The summed E-state index contributed by atoms with van der Waals surface area (Å²) in [5.41, 5.74) is 0.950. The molecule has 1 aromatic carbocycles. The monoisotopic (exact) mass is 283 g/mol. The summed E-state index contributed by atoms with van der Waals surface area (Å²) >= 11 is 0. The zero-order chi connectivity index (χ0) is 13.8. The van der Waals surface area contributed by atoms with Crippen LogP contribution < -0.4 is 0 Å². The van der Waals surface area contributed by atoms with Crippen LogP contribution in [0.4, 0.5) is 4.39 Å². The molecule has 3 heteroatoms. The lowest BCUT2D eigenvalue weighted by atomic mass is 9.44. The smallest absolute Gasteiger partial charge is 0.128 e. The third-order valence-electron chi connectivity index (χ3n) is 8.84. The second-order valence-electron chi connectivity index (χ2n) is 8.67. The fraction of sp³-hybridized carbons (Fsp3) is 0.667. The molecule has 2 spiro atoms. The molecule has 6 bridgehead atoms. The summed E-state index contributed by atoms with van der Waals surface area (Å²) in [6.45, 7) is 0.599. The van der Waals surface area contributed by atoms with Gasteiger partial charge in [0.1, 0.15) is 11.5 Å². The third-order valence-corrected chi connectivity index (χ3v) is 8.84. The van der Waals surface area contributed by atoms with Gasteiger partial charge in [-0.1, -0.05) is 18.2 Å². The maximum Gasteiger partial charge on any atom is 0.128 e. The maximum absolute atomic E-state index is 14.1. The van der Waals surface area contributed by atoms with Gasteiger partial charge in [-0.15, -0.1) is 0 Å². The van der Waals surface area contributed by atoms with Crippen LogP contribution in [0.5, 0.6) is 0 Å². The molecule has 8 unspecified atom stereocenters. The van der Waals surface area contributed by atoms with Gasteiger partial charge >= 0.3 is 0 Å². The second-order valence-corrected chi connectivity index (χ2v) is 8.67. The number of benzene rings is 1. The zero-order valence-electron chi connectivity index (χ0n) is 11.8. The van der Waals surface area contributed by atoms with Gasteiger partial charge < -0.3 is 5.11 Å². The van der Waals surface area contributed by atoms with E-state index in [-0.39, 0.29) is 11.2 Å². The van der Waals surface area contributed by atoms with E-state index < -0.39 is 5.72 Å². The molecule has 21 heavy (non-hydrogen) atoms. The molecule has 0 radical (unpaired) electrons. The summed E-state index contributed by atoms with van der Waals surface area (Å²) < 4.78 is 14.1. The summed E-state index contributed by atoms with van der Waals surface area (Å²) in [7, 11) is 0. The topological polar surface area (TPSA) is 23.5 Å². The molecule has 2 aliphatic heterocycles. The highest BCUT2D eigenvalue weighted by molar-refractivity contribution is 5.48. The summed E-state index contributed by atoms with van der Waals surface area (Å²) in [6.07, 6.45) is 3.90. The highest BCUT2D eigenvalue weighted by Crippen LogP contribution is 2.99. The van der Waals surface area contributed by atoms with Crippen LogP contribution in [-0.2, 0) is 6.54 Å². The predicted octanol–water partition coefficient (Wildman–Crippen LogP) is 2.37. The van der Waals surface area contributed by atoms with E-state index in [4.69, 9.17) is 0 Å². The van der Waals surface area contributed by atoms with Crippen molar-refractivity contribution in [2.24, 2.45) is 34.5 Å². The average molecular weight is 283 g/mol. The quantitative estimate of drug-likeness (QED) is 0.901. The Bertz CT molecular complexity index is 734. The van der Waals surface area contributed by atoms with Crippen LogP contribution >= 0.6 is 0 Å². The number of halogens is 1. The van der Waals surface area contributed by atoms with Crippen LogP contribution in [0.15, 0.2) is 24.3 Å². The van der Waals surface area contributed by atoms with E-state index in [0.29, 0.717) is 29.8 Å². The molecule has 0 amide bonds. The molecule has 1 N–H and O–H groups in total. The number of hydrogen-bond acceptors (Lipinski definition) is 2. The Labute approximate surface area is 122 Å². The SMILES string of the molecule is OC12C3C4CC15CC41CC5C(C31)N2Cc1ccccc1F. The van der Waals surface area contributed by atoms with Crippen LogP contribution in [-0.4, -0.2) is 21.8 Å². The number of aliphatic hydroxyl groups is 1. The molecule has 5 saturated carbocycles. The van der Waals surface area contributed by atoms with E-state index in [1.807, 2.05) is 12.1 Å². The van der Waals surface area contributed by atoms with Gasteiger partial charge in [-0.2, -0.15) is 0 Å². The van der Waals surface area contributed by atoms with Gasteiger partial charge in [-0.3, -0.25) is 4.90 Å². The van der Waals surface area contributed by atoms with Crippen molar-refractivity contribution >= 4 is 0 Å². The van der Waals surface area contributed by atoms with E-state index in [1.165, 1.54) is 19.3 Å². The molecule has 2 saturated heterocycles. The van der Waals surface area contributed by atoms with Crippen LogP contribution in [0.3, 0.4) is 0 Å². The Hall–Kier alpha value is -0.930. The van der Waals surface area contributed by atoms with Crippen molar-refractivity contribution in [3.63, 3.8) is 0 Å². The number of nitrogens with zero attached hydrogens (tertiary/aromatic N) is 1. The van der Waals surface area contributed by atoms with Gasteiger partial charge in [0.15, 0.2) is 0 Å². The normalized spacial score (nSPS) is 63.2. The molecule has 1 aromatic rings. The second kappa shape index (κ2) is 2.59. The van der Waals surface area contributed by atoms with Crippen LogP contribution in [0.25, 0.3) is 0 Å². The van der Waals surface area contributed by atoms with Gasteiger partial charge in [-0.05, 0) is 48.5 Å². The third kappa shape index (κ3) is 0.700. The Balaban J connectivity index is 1.40. The molecular weight excluding hydrogens is 265 g/mol. The van der Waals surface area contributed by atoms with Gasteiger partial charge in [0, 0.05) is 29.5 Å². The number of rotatable bonds is 2. The Morgan fingerprint density at radius 1 is 1.19 bits per heavy atom. The van der Waals surface area contributed by atoms with Gasteiger partial charge in [0.05, 0.1) is 0 Å². The molecular formula is C18H18FNO. The van der Waals surface area contributed by atoms with Gasteiger partial charge in [0.2, 0.25) is 0 Å². The van der Waals surface area contributed by atoms with E-state index in [9.17, 15) is 9.50 Å². The fourth-order valence-corrected chi connectivity index (χ4v) is 8.79. The predicted molar refractivity (Wildman–Crippen MR) is 73.4 cm³/mol. The first kappa shape index (κ1) is 10.7. The first-order valence-electron chi connectivity index (χ1n) is 8.36. The minimum Gasteiger partial charge on any atom is -0.375 e. The molecule has 7 fully saturated rings. The van der Waals surface area contributed by atoms with Crippen molar-refractivity contribution in [3.8, 4) is 0 Å².